The Balaban J connectivity index is 0.00000336. The van der Waals surface area contributed by atoms with Gasteiger partial charge >= 0.3 is 0 Å². The van der Waals surface area contributed by atoms with Gasteiger partial charge in [0.2, 0.25) is 5.91 Å². The number of hydrogen-bond acceptors (Lipinski definition) is 3. The normalized spacial score (nSPS) is 15.5. The Labute approximate surface area is 231 Å². The number of aryl methyl sites for hydroxylation is 2. The zero-order chi connectivity index (χ0) is 25.8. The Morgan fingerprint density at radius 1 is 0.895 bits per heavy atom. The topological polar surface area (TPSA) is 40.6 Å². The summed E-state index contributed by atoms with van der Waals surface area (Å²) < 4.78 is 13.5. The van der Waals surface area contributed by atoms with Crippen molar-refractivity contribution >= 4 is 29.8 Å². The molecule has 2 aliphatic rings. The Morgan fingerprint density at radius 2 is 1.61 bits per heavy atom. The van der Waals surface area contributed by atoms with E-state index < -0.39 is 0 Å². The minimum atomic E-state index is -0.227. The summed E-state index contributed by atoms with van der Waals surface area (Å²) in [6.45, 7) is 4.61. The lowest BCUT2D eigenvalue weighted by molar-refractivity contribution is -0.130. The van der Waals surface area contributed by atoms with Crippen molar-refractivity contribution in [3.8, 4) is 0 Å². The van der Waals surface area contributed by atoms with Crippen LogP contribution in [0.1, 0.15) is 65.2 Å². The number of hydrogen-bond donors (Lipinski definition) is 0. The van der Waals surface area contributed by atoms with E-state index in [1.165, 1.54) is 34.5 Å². The summed E-state index contributed by atoms with van der Waals surface area (Å²) in [5.74, 6) is 0.622. The summed E-state index contributed by atoms with van der Waals surface area (Å²) in [5.41, 5.74) is 6.83. The van der Waals surface area contributed by atoms with Crippen LogP contribution in [-0.2, 0) is 30.7 Å². The molecule has 0 aromatic heterocycles. The van der Waals surface area contributed by atoms with Crippen molar-refractivity contribution in [1.82, 2.24) is 4.90 Å². The van der Waals surface area contributed by atoms with E-state index in [0.717, 1.165) is 56.3 Å². The van der Waals surface area contributed by atoms with Crippen LogP contribution in [0.5, 0.6) is 0 Å². The largest absolute Gasteiger partial charge is 0.363 e. The SMILES string of the molecule is CC(=O)N1CCC(CCC(=O)c2ccc3c(c2)CN(Cc2ccc(F)cc2)c2ccccc2CC3)CC1.Cl. The Morgan fingerprint density at radius 3 is 2.34 bits per heavy atom. The van der Waals surface area contributed by atoms with Gasteiger partial charge < -0.3 is 9.80 Å². The summed E-state index contributed by atoms with van der Waals surface area (Å²) in [5, 5.41) is 0. The minimum absolute atomic E-state index is 0. The maximum Gasteiger partial charge on any atom is 0.219 e. The number of piperidine rings is 1. The van der Waals surface area contributed by atoms with Crippen LogP contribution < -0.4 is 4.90 Å². The summed E-state index contributed by atoms with van der Waals surface area (Å²) in [7, 11) is 0. The van der Waals surface area contributed by atoms with Crippen LogP contribution in [0.3, 0.4) is 0 Å². The monoisotopic (exact) mass is 534 g/mol. The van der Waals surface area contributed by atoms with Gasteiger partial charge in [0, 0.05) is 50.8 Å². The first-order valence-electron chi connectivity index (χ1n) is 13.4. The van der Waals surface area contributed by atoms with E-state index in [1.54, 1.807) is 6.92 Å². The molecule has 200 valence electrons. The second-order valence-corrected chi connectivity index (χ2v) is 10.5. The van der Waals surface area contributed by atoms with E-state index in [0.29, 0.717) is 25.4 Å². The smallest absolute Gasteiger partial charge is 0.219 e. The van der Waals surface area contributed by atoms with Gasteiger partial charge in [-0.2, -0.15) is 0 Å². The average molecular weight is 535 g/mol. The van der Waals surface area contributed by atoms with Crippen molar-refractivity contribution < 1.29 is 14.0 Å². The maximum atomic E-state index is 13.5. The molecule has 1 saturated heterocycles. The lowest BCUT2D eigenvalue weighted by Crippen LogP contribution is -2.37. The molecule has 6 heteroatoms. The zero-order valence-corrected chi connectivity index (χ0v) is 22.8. The van der Waals surface area contributed by atoms with Crippen molar-refractivity contribution in [3.05, 3.63) is 100 Å². The molecular formula is C32H36ClFN2O2. The van der Waals surface area contributed by atoms with Crippen LogP contribution in [0, 0.1) is 11.7 Å². The zero-order valence-electron chi connectivity index (χ0n) is 22.0. The molecule has 0 N–H and O–H groups in total. The fourth-order valence-corrected chi connectivity index (χ4v) is 5.75. The van der Waals surface area contributed by atoms with Gasteiger partial charge in [-0.25, -0.2) is 4.39 Å². The molecule has 1 amide bonds. The summed E-state index contributed by atoms with van der Waals surface area (Å²) >= 11 is 0. The second-order valence-electron chi connectivity index (χ2n) is 10.5. The van der Waals surface area contributed by atoms with Crippen LogP contribution in [0.2, 0.25) is 0 Å². The molecule has 2 aliphatic heterocycles. The third-order valence-electron chi connectivity index (χ3n) is 8.01. The van der Waals surface area contributed by atoms with Crippen molar-refractivity contribution in [2.75, 3.05) is 18.0 Å². The lowest BCUT2D eigenvalue weighted by atomic mass is 9.89. The highest BCUT2D eigenvalue weighted by atomic mass is 35.5. The molecule has 5 rings (SSSR count). The third kappa shape index (κ3) is 6.63. The molecule has 4 nitrogen and oxygen atoms in total. The van der Waals surface area contributed by atoms with E-state index in [2.05, 4.69) is 41.3 Å². The Hall–Kier alpha value is -3.18. The van der Waals surface area contributed by atoms with Crippen molar-refractivity contribution in [3.63, 3.8) is 0 Å². The number of ketones is 1. The first-order valence-corrected chi connectivity index (χ1v) is 13.4. The van der Waals surface area contributed by atoms with Gasteiger partial charge in [0.25, 0.3) is 0 Å². The quantitative estimate of drug-likeness (QED) is 0.327. The maximum absolute atomic E-state index is 13.5. The molecule has 3 aromatic rings. The molecule has 0 spiro atoms. The summed E-state index contributed by atoms with van der Waals surface area (Å²) in [6.07, 6.45) is 5.27. The van der Waals surface area contributed by atoms with Gasteiger partial charge in [-0.3, -0.25) is 9.59 Å². The summed E-state index contributed by atoms with van der Waals surface area (Å²) in [4.78, 5) is 29.0. The van der Waals surface area contributed by atoms with Gasteiger partial charge in [0.15, 0.2) is 5.78 Å². The van der Waals surface area contributed by atoms with Gasteiger partial charge in [0.05, 0.1) is 0 Å². The Kier molecular flexibility index (Phi) is 9.22. The molecule has 38 heavy (non-hydrogen) atoms. The van der Waals surface area contributed by atoms with Crippen LogP contribution in [-0.4, -0.2) is 29.7 Å². The summed E-state index contributed by atoms with van der Waals surface area (Å²) in [6, 6.07) is 21.5. The fourth-order valence-electron chi connectivity index (χ4n) is 5.75. The number of likely N-dealkylation sites (tertiary alicyclic amines) is 1. The number of rotatable bonds is 6. The highest BCUT2D eigenvalue weighted by Gasteiger charge is 2.23. The number of nitrogens with zero attached hydrogens (tertiary/aromatic N) is 2. The molecular weight excluding hydrogens is 499 g/mol. The Bertz CT molecular complexity index is 1270. The van der Waals surface area contributed by atoms with Crippen molar-refractivity contribution in [2.45, 2.75) is 58.5 Å². The predicted octanol–water partition coefficient (Wildman–Crippen LogP) is 6.77. The highest BCUT2D eigenvalue weighted by Crippen LogP contribution is 2.31. The number of amides is 1. The molecule has 0 aliphatic carbocycles. The fraction of sp³-hybridized carbons (Fsp3) is 0.375. The molecule has 0 saturated carbocycles. The minimum Gasteiger partial charge on any atom is -0.363 e. The van der Waals surface area contributed by atoms with Crippen LogP contribution in [0.4, 0.5) is 10.1 Å². The van der Waals surface area contributed by atoms with E-state index in [4.69, 9.17) is 0 Å². The van der Waals surface area contributed by atoms with Gasteiger partial charge in [0.1, 0.15) is 5.82 Å². The molecule has 0 radical (unpaired) electrons. The van der Waals surface area contributed by atoms with Crippen molar-refractivity contribution in [1.29, 1.82) is 0 Å². The molecule has 0 atom stereocenters. The molecule has 0 bridgehead atoms. The molecule has 2 heterocycles. The van der Waals surface area contributed by atoms with Crippen LogP contribution >= 0.6 is 12.4 Å². The molecule has 1 fully saturated rings. The lowest BCUT2D eigenvalue weighted by Gasteiger charge is -2.31. The number of benzene rings is 3. The number of para-hydroxylation sites is 1. The molecule has 3 aromatic carbocycles. The number of carbonyl (C=O) groups excluding carboxylic acids is 2. The number of Topliss-reactive ketones (excluding diaryl/α,β-unsaturated/α-hetero) is 1. The van der Waals surface area contributed by atoms with Crippen LogP contribution in [0.25, 0.3) is 0 Å². The van der Waals surface area contributed by atoms with Gasteiger partial charge in [-0.15, -0.1) is 12.4 Å². The molecule has 0 unspecified atom stereocenters. The number of fused-ring (bicyclic) bond motifs is 2. The number of carbonyl (C=O) groups is 2. The standard InChI is InChI=1S/C32H35FN2O2.ClH/c1-23(36)34-18-16-24(17-19-34)8-15-32(37)28-12-10-26-9-11-27-4-2-3-5-31(27)35(22-29(26)20-28)21-25-6-13-30(33)14-7-25;/h2-7,10,12-14,20,24H,8-9,11,15-19,21-22H2,1H3;1H. The number of halogens is 2. The highest BCUT2D eigenvalue weighted by molar-refractivity contribution is 5.96. The first kappa shape index (κ1) is 27.8. The van der Waals surface area contributed by atoms with E-state index in [9.17, 15) is 14.0 Å². The predicted molar refractivity (Wildman–Crippen MR) is 152 cm³/mol. The van der Waals surface area contributed by atoms with Crippen molar-refractivity contribution in [2.24, 2.45) is 5.92 Å². The van der Waals surface area contributed by atoms with Gasteiger partial charge in [-0.05, 0) is 84.5 Å². The second kappa shape index (κ2) is 12.6. The van der Waals surface area contributed by atoms with E-state index in [1.807, 2.05) is 23.1 Å². The van der Waals surface area contributed by atoms with Crippen LogP contribution in [0.15, 0.2) is 66.7 Å². The van der Waals surface area contributed by atoms with E-state index >= 15 is 0 Å². The third-order valence-corrected chi connectivity index (χ3v) is 8.01. The van der Waals surface area contributed by atoms with Gasteiger partial charge in [-0.1, -0.05) is 42.5 Å². The number of anilines is 1. The first-order chi connectivity index (χ1) is 18.0. The van der Waals surface area contributed by atoms with E-state index in [-0.39, 0.29) is 29.9 Å². The average Bonchev–Trinajstić information content (AvgIpc) is 2.91.